The number of ether oxygens (including phenoxy) is 1. The Bertz CT molecular complexity index is 716. The van der Waals surface area contributed by atoms with Crippen LogP contribution in [0.15, 0.2) is 66.7 Å². The van der Waals surface area contributed by atoms with Gasteiger partial charge in [-0.25, -0.2) is 0 Å². The number of hydrogen-bond acceptors (Lipinski definition) is 3. The number of benzene rings is 2. The van der Waals surface area contributed by atoms with E-state index in [1.54, 1.807) is 0 Å². The first-order valence-corrected chi connectivity index (χ1v) is 10.1. The fourth-order valence-corrected chi connectivity index (χ4v) is 3.71. The summed E-state index contributed by atoms with van der Waals surface area (Å²) in [4.78, 5) is 13.4. The van der Waals surface area contributed by atoms with Gasteiger partial charge in [0, 0.05) is 19.7 Å². The van der Waals surface area contributed by atoms with Gasteiger partial charge < -0.3 is 14.7 Å². The third kappa shape index (κ3) is 6.04. The maximum absolute atomic E-state index is 11.2. The minimum Gasteiger partial charge on any atom is -0.481 e. The predicted molar refractivity (Wildman–Crippen MR) is 112 cm³/mol. The lowest BCUT2D eigenvalue weighted by molar-refractivity contribution is -0.143. The molecule has 1 aliphatic heterocycles. The van der Waals surface area contributed by atoms with E-state index in [1.807, 2.05) is 12.1 Å². The molecule has 148 valence electrons. The molecule has 1 saturated heterocycles. The van der Waals surface area contributed by atoms with Crippen molar-refractivity contribution in [2.24, 2.45) is 5.92 Å². The van der Waals surface area contributed by atoms with E-state index >= 15 is 0 Å². The third-order valence-electron chi connectivity index (χ3n) is 5.19. The number of likely N-dealkylation sites (tertiary alicyclic amines) is 1. The largest absolute Gasteiger partial charge is 0.481 e. The molecule has 0 aliphatic carbocycles. The summed E-state index contributed by atoms with van der Waals surface area (Å²) < 4.78 is 5.85. The van der Waals surface area contributed by atoms with Crippen molar-refractivity contribution in [2.75, 3.05) is 32.8 Å². The Balaban J connectivity index is 1.47. The van der Waals surface area contributed by atoms with Gasteiger partial charge in [0.1, 0.15) is 0 Å². The van der Waals surface area contributed by atoms with Gasteiger partial charge >= 0.3 is 5.97 Å². The summed E-state index contributed by atoms with van der Waals surface area (Å²) in [6, 6.07) is 20.7. The van der Waals surface area contributed by atoms with Crippen LogP contribution in [0, 0.1) is 5.92 Å². The van der Waals surface area contributed by atoms with Crippen molar-refractivity contribution in [3.05, 3.63) is 77.9 Å². The molecule has 4 nitrogen and oxygen atoms in total. The van der Waals surface area contributed by atoms with Gasteiger partial charge in [0.15, 0.2) is 0 Å². The number of aliphatic carboxylic acids is 1. The molecule has 0 aromatic heterocycles. The Labute approximate surface area is 167 Å². The summed E-state index contributed by atoms with van der Waals surface area (Å²) in [6.45, 7) is 3.81. The van der Waals surface area contributed by atoms with Crippen LogP contribution >= 0.6 is 0 Å². The molecule has 2 aromatic carbocycles. The smallest absolute Gasteiger partial charge is 0.307 e. The van der Waals surface area contributed by atoms with Crippen LogP contribution in [0.25, 0.3) is 5.57 Å². The lowest BCUT2D eigenvalue weighted by Gasteiger charge is -2.30. The number of carbonyl (C=O) groups is 1. The number of carboxylic acid groups (broad SMARTS) is 1. The molecule has 1 heterocycles. The molecule has 0 saturated carbocycles. The highest BCUT2D eigenvalue weighted by atomic mass is 16.5. The topological polar surface area (TPSA) is 49.8 Å². The van der Waals surface area contributed by atoms with Crippen LogP contribution in [-0.4, -0.2) is 48.8 Å². The highest BCUT2D eigenvalue weighted by Crippen LogP contribution is 2.23. The van der Waals surface area contributed by atoms with Crippen LogP contribution in [0.2, 0.25) is 0 Å². The number of nitrogens with zero attached hydrogens (tertiary/aromatic N) is 1. The zero-order valence-electron chi connectivity index (χ0n) is 16.3. The summed E-state index contributed by atoms with van der Waals surface area (Å²) in [6.07, 6.45) is 4.84. The third-order valence-corrected chi connectivity index (χ3v) is 5.19. The Morgan fingerprint density at radius 3 is 2.32 bits per heavy atom. The fourth-order valence-electron chi connectivity index (χ4n) is 3.71. The Hall–Kier alpha value is -2.43. The van der Waals surface area contributed by atoms with E-state index in [9.17, 15) is 9.90 Å². The van der Waals surface area contributed by atoms with Crippen molar-refractivity contribution in [1.82, 2.24) is 4.90 Å². The van der Waals surface area contributed by atoms with E-state index in [-0.39, 0.29) is 5.92 Å². The van der Waals surface area contributed by atoms with E-state index in [0.717, 1.165) is 32.4 Å². The van der Waals surface area contributed by atoms with Crippen molar-refractivity contribution < 1.29 is 14.6 Å². The molecule has 1 aliphatic rings. The SMILES string of the molecule is O=C(O)[C@@H]1CCCN(CCCOCC=C(c2ccccc2)c2ccccc2)C1. The fraction of sp³-hybridized carbons (Fsp3) is 0.375. The second kappa shape index (κ2) is 10.8. The molecule has 1 N–H and O–H groups in total. The Morgan fingerprint density at radius 1 is 1.07 bits per heavy atom. The first kappa shape index (κ1) is 20.3. The molecular weight excluding hydrogens is 350 g/mol. The zero-order valence-corrected chi connectivity index (χ0v) is 16.3. The second-order valence-corrected chi connectivity index (χ2v) is 7.26. The first-order valence-electron chi connectivity index (χ1n) is 10.1. The van der Waals surface area contributed by atoms with Crippen molar-refractivity contribution in [3.8, 4) is 0 Å². The minimum absolute atomic E-state index is 0.211. The lowest BCUT2D eigenvalue weighted by Crippen LogP contribution is -2.39. The van der Waals surface area contributed by atoms with Crippen LogP contribution < -0.4 is 0 Å². The molecular formula is C24H29NO3. The van der Waals surface area contributed by atoms with E-state index in [0.29, 0.717) is 19.8 Å². The highest BCUT2D eigenvalue weighted by molar-refractivity contribution is 5.79. The average Bonchev–Trinajstić information content (AvgIpc) is 2.74. The lowest BCUT2D eigenvalue weighted by atomic mass is 9.98. The van der Waals surface area contributed by atoms with Crippen molar-refractivity contribution in [1.29, 1.82) is 0 Å². The molecule has 4 heteroatoms. The molecule has 1 atom stereocenters. The molecule has 1 fully saturated rings. The first-order chi connectivity index (χ1) is 13.7. The number of rotatable bonds is 9. The van der Waals surface area contributed by atoms with Gasteiger partial charge in [-0.05, 0) is 42.5 Å². The van der Waals surface area contributed by atoms with E-state index in [1.165, 1.54) is 16.7 Å². The summed E-state index contributed by atoms with van der Waals surface area (Å²) >= 11 is 0. The molecule has 0 unspecified atom stereocenters. The second-order valence-electron chi connectivity index (χ2n) is 7.26. The Kier molecular flexibility index (Phi) is 7.82. The van der Waals surface area contributed by atoms with Crippen LogP contribution in [-0.2, 0) is 9.53 Å². The van der Waals surface area contributed by atoms with Gasteiger partial charge in [0.2, 0.25) is 0 Å². The standard InChI is InChI=1S/C24H29NO3/c26-24(27)22-13-7-15-25(19-22)16-8-17-28-18-14-23(20-9-3-1-4-10-20)21-11-5-2-6-12-21/h1-6,9-12,14,22H,7-8,13,15-19H2,(H,26,27)/t22-/m1/s1. The Morgan fingerprint density at radius 2 is 1.71 bits per heavy atom. The van der Waals surface area contributed by atoms with Gasteiger partial charge in [-0.2, -0.15) is 0 Å². The highest BCUT2D eigenvalue weighted by Gasteiger charge is 2.24. The summed E-state index contributed by atoms with van der Waals surface area (Å²) in [5.41, 5.74) is 3.55. The van der Waals surface area contributed by atoms with E-state index < -0.39 is 5.97 Å². The minimum atomic E-state index is -0.666. The normalized spacial score (nSPS) is 17.2. The van der Waals surface area contributed by atoms with Crippen molar-refractivity contribution in [2.45, 2.75) is 19.3 Å². The maximum atomic E-state index is 11.2. The summed E-state index contributed by atoms with van der Waals surface area (Å²) in [5, 5.41) is 9.18. The van der Waals surface area contributed by atoms with E-state index in [2.05, 4.69) is 59.5 Å². The zero-order chi connectivity index (χ0) is 19.6. The van der Waals surface area contributed by atoms with Gasteiger partial charge in [-0.1, -0.05) is 66.7 Å². The van der Waals surface area contributed by atoms with Crippen LogP contribution in [0.4, 0.5) is 0 Å². The van der Waals surface area contributed by atoms with Crippen molar-refractivity contribution in [3.63, 3.8) is 0 Å². The van der Waals surface area contributed by atoms with Gasteiger partial charge in [0.05, 0.1) is 12.5 Å². The molecule has 3 rings (SSSR count). The summed E-state index contributed by atoms with van der Waals surface area (Å²) in [5.74, 6) is -0.877. The average molecular weight is 380 g/mol. The number of carboxylic acids is 1. The molecule has 28 heavy (non-hydrogen) atoms. The summed E-state index contributed by atoms with van der Waals surface area (Å²) in [7, 11) is 0. The van der Waals surface area contributed by atoms with Gasteiger partial charge in [-0.15, -0.1) is 0 Å². The van der Waals surface area contributed by atoms with Gasteiger partial charge in [-0.3, -0.25) is 4.79 Å². The number of hydrogen-bond donors (Lipinski definition) is 1. The van der Waals surface area contributed by atoms with Crippen molar-refractivity contribution >= 4 is 11.5 Å². The maximum Gasteiger partial charge on any atom is 0.307 e. The molecule has 0 spiro atoms. The number of piperidine rings is 1. The van der Waals surface area contributed by atoms with Crippen LogP contribution in [0.3, 0.4) is 0 Å². The monoisotopic (exact) mass is 379 g/mol. The molecule has 2 aromatic rings. The van der Waals surface area contributed by atoms with Gasteiger partial charge in [0.25, 0.3) is 0 Å². The van der Waals surface area contributed by atoms with E-state index in [4.69, 9.17) is 4.74 Å². The van der Waals surface area contributed by atoms with Crippen LogP contribution in [0.5, 0.6) is 0 Å². The molecule has 0 bridgehead atoms. The quantitative estimate of drug-likeness (QED) is 0.659. The molecule has 0 amide bonds. The van der Waals surface area contributed by atoms with Crippen LogP contribution in [0.1, 0.15) is 30.4 Å². The molecule has 0 radical (unpaired) electrons. The predicted octanol–water partition coefficient (Wildman–Crippen LogP) is 4.32.